The minimum atomic E-state index is -0.669. The molecule has 1 aromatic carbocycles. The molecular weight excluding hydrogens is 392 g/mol. The molecule has 0 saturated heterocycles. The van der Waals surface area contributed by atoms with Crippen LogP contribution in [0, 0.1) is 17.7 Å². The molecule has 0 unspecified atom stereocenters. The number of nitrogens with one attached hydrogen (secondary N) is 1. The minimum absolute atomic E-state index is 0.00352. The van der Waals surface area contributed by atoms with Gasteiger partial charge in [0.2, 0.25) is 5.91 Å². The van der Waals surface area contributed by atoms with Gasteiger partial charge in [-0.3, -0.25) is 9.59 Å². The molecule has 0 radical (unpaired) electrons. The zero-order valence-electron chi connectivity index (χ0n) is 13.0. The van der Waals surface area contributed by atoms with E-state index in [-0.39, 0.29) is 22.0 Å². The van der Waals surface area contributed by atoms with Crippen molar-refractivity contribution in [3.8, 4) is 0 Å². The zero-order valence-corrected chi connectivity index (χ0v) is 15.2. The Labute approximate surface area is 159 Å². The number of benzene rings is 1. The van der Waals surface area contributed by atoms with Crippen molar-refractivity contribution in [1.82, 2.24) is 0 Å². The summed E-state index contributed by atoms with van der Waals surface area (Å²) < 4.78 is 18.1. The van der Waals surface area contributed by atoms with E-state index in [0.29, 0.717) is 18.5 Å². The van der Waals surface area contributed by atoms with Gasteiger partial charge in [0.1, 0.15) is 16.9 Å². The van der Waals surface area contributed by atoms with Crippen LogP contribution < -0.4 is 5.32 Å². The predicted molar refractivity (Wildman–Crippen MR) is 95.9 cm³/mol. The van der Waals surface area contributed by atoms with Gasteiger partial charge in [-0.25, -0.2) is 4.39 Å². The lowest BCUT2D eigenvalue weighted by atomic mass is 9.82. The lowest BCUT2D eigenvalue weighted by Gasteiger charge is -2.26. The Morgan fingerprint density at radius 2 is 1.84 bits per heavy atom. The van der Waals surface area contributed by atoms with Crippen molar-refractivity contribution in [1.29, 1.82) is 0 Å². The van der Waals surface area contributed by atoms with Crippen molar-refractivity contribution in [3.63, 3.8) is 0 Å². The lowest BCUT2D eigenvalue weighted by molar-refractivity contribution is -0.151. The smallest absolute Gasteiger partial charge is 0.310 e. The first-order valence-electron chi connectivity index (χ1n) is 7.46. The molecule has 4 nitrogen and oxygen atoms in total. The zero-order chi connectivity index (χ0) is 18.4. The number of carbonyl (C=O) groups excluding carboxylic acids is 2. The molecule has 134 valence electrons. The van der Waals surface area contributed by atoms with E-state index in [9.17, 15) is 14.0 Å². The van der Waals surface area contributed by atoms with Crippen LogP contribution in [0.3, 0.4) is 0 Å². The Hall–Kier alpha value is -1.56. The molecule has 0 bridgehead atoms. The summed E-state index contributed by atoms with van der Waals surface area (Å²) in [5.41, 5.74) is 0.326. The molecule has 1 aromatic rings. The van der Waals surface area contributed by atoms with Gasteiger partial charge in [-0.2, -0.15) is 0 Å². The fraction of sp³-hybridized carbons (Fsp3) is 0.294. The number of allylic oxidation sites excluding steroid dienone is 2. The third-order valence-corrected chi connectivity index (χ3v) is 4.66. The van der Waals surface area contributed by atoms with Crippen molar-refractivity contribution >= 4 is 52.4 Å². The summed E-state index contributed by atoms with van der Waals surface area (Å²) in [5.74, 6) is -2.71. The Morgan fingerprint density at radius 3 is 2.48 bits per heavy atom. The average Bonchev–Trinajstić information content (AvgIpc) is 2.59. The number of carbonyl (C=O) groups is 2. The van der Waals surface area contributed by atoms with Crippen LogP contribution in [0.2, 0.25) is 0 Å². The molecule has 1 amide bonds. The summed E-state index contributed by atoms with van der Waals surface area (Å²) in [7, 11) is 0. The largest absolute Gasteiger partial charge is 0.460 e. The average molecular weight is 407 g/mol. The van der Waals surface area contributed by atoms with Gasteiger partial charge in [-0.1, -0.05) is 53.0 Å². The lowest BCUT2D eigenvalue weighted by Crippen LogP contribution is -2.36. The van der Waals surface area contributed by atoms with E-state index in [1.165, 1.54) is 18.2 Å². The molecule has 1 aliphatic carbocycles. The van der Waals surface area contributed by atoms with Gasteiger partial charge in [0.05, 0.1) is 16.9 Å². The van der Waals surface area contributed by atoms with Crippen LogP contribution in [-0.2, 0) is 14.3 Å². The molecule has 0 saturated carbocycles. The summed E-state index contributed by atoms with van der Waals surface area (Å²) in [6, 6.07) is 5.54. The molecule has 0 aliphatic heterocycles. The first-order valence-corrected chi connectivity index (χ1v) is 8.59. The molecule has 0 fully saturated rings. The second-order valence-corrected chi connectivity index (χ2v) is 6.83. The van der Waals surface area contributed by atoms with Gasteiger partial charge in [-0.15, -0.1) is 0 Å². The summed E-state index contributed by atoms with van der Waals surface area (Å²) in [6.45, 7) is -0.263. The van der Waals surface area contributed by atoms with Gasteiger partial charge >= 0.3 is 5.97 Å². The van der Waals surface area contributed by atoms with E-state index in [0.717, 1.165) is 0 Å². The van der Waals surface area contributed by atoms with Gasteiger partial charge in [0.25, 0.3) is 0 Å². The fourth-order valence-corrected chi connectivity index (χ4v) is 2.63. The summed E-state index contributed by atoms with van der Waals surface area (Å²) >= 11 is 16.7. The van der Waals surface area contributed by atoms with E-state index in [1.807, 2.05) is 12.2 Å². The number of rotatable bonds is 5. The van der Waals surface area contributed by atoms with E-state index in [1.54, 1.807) is 6.07 Å². The first-order chi connectivity index (χ1) is 11.9. The highest BCUT2D eigenvalue weighted by Gasteiger charge is 2.35. The van der Waals surface area contributed by atoms with Crippen LogP contribution in [0.25, 0.3) is 0 Å². The van der Waals surface area contributed by atoms with Crippen LogP contribution in [0.4, 0.5) is 10.1 Å². The normalized spacial score (nSPS) is 19.2. The quantitative estimate of drug-likeness (QED) is 0.566. The Balaban J connectivity index is 2.04. The molecule has 0 heterocycles. The number of esters is 1. The van der Waals surface area contributed by atoms with Gasteiger partial charge in [0.15, 0.2) is 0 Å². The monoisotopic (exact) mass is 405 g/mol. The standard InChI is InChI=1S/C17H15Cl3FNO3/c18-14(15(19)20)9-25-17(24)13-7-2-1-6-12(13)16(23)22-11-5-3-4-10(21)8-11/h1-5,8,12-13H,6-7,9H2,(H,22,23)/t12-,13-/m1/s1. The Kier molecular flexibility index (Phi) is 7.29. The molecule has 0 spiro atoms. The number of hydrogen-bond donors (Lipinski definition) is 1. The Bertz CT molecular complexity index is 717. The molecule has 1 N–H and O–H groups in total. The number of halogens is 4. The van der Waals surface area contributed by atoms with E-state index < -0.39 is 23.6 Å². The van der Waals surface area contributed by atoms with Crippen LogP contribution in [0.1, 0.15) is 12.8 Å². The van der Waals surface area contributed by atoms with Gasteiger partial charge in [0, 0.05) is 5.69 Å². The second-order valence-electron chi connectivity index (χ2n) is 5.43. The number of hydrogen-bond acceptors (Lipinski definition) is 3. The number of amides is 1. The van der Waals surface area contributed by atoms with Gasteiger partial charge < -0.3 is 10.1 Å². The van der Waals surface area contributed by atoms with E-state index in [4.69, 9.17) is 39.5 Å². The molecule has 25 heavy (non-hydrogen) atoms. The molecule has 1 aliphatic rings. The highest BCUT2D eigenvalue weighted by atomic mass is 35.5. The summed E-state index contributed by atoms with van der Waals surface area (Å²) in [6.07, 6.45) is 4.36. The van der Waals surface area contributed by atoms with Crippen molar-refractivity contribution in [2.24, 2.45) is 11.8 Å². The third-order valence-electron chi connectivity index (χ3n) is 3.71. The summed E-state index contributed by atoms with van der Waals surface area (Å²) in [4.78, 5) is 24.8. The maximum atomic E-state index is 13.2. The van der Waals surface area contributed by atoms with Crippen LogP contribution in [-0.4, -0.2) is 18.5 Å². The van der Waals surface area contributed by atoms with Crippen molar-refractivity contribution in [2.75, 3.05) is 11.9 Å². The highest BCUT2D eigenvalue weighted by molar-refractivity contribution is 6.59. The minimum Gasteiger partial charge on any atom is -0.460 e. The predicted octanol–water partition coefficient (Wildman–Crippen LogP) is 4.78. The summed E-state index contributed by atoms with van der Waals surface area (Å²) in [5, 5.41) is 2.63. The van der Waals surface area contributed by atoms with Gasteiger partial charge in [-0.05, 0) is 31.0 Å². The van der Waals surface area contributed by atoms with E-state index in [2.05, 4.69) is 5.32 Å². The van der Waals surface area contributed by atoms with Crippen molar-refractivity contribution in [3.05, 3.63) is 51.8 Å². The highest BCUT2D eigenvalue weighted by Crippen LogP contribution is 2.29. The van der Waals surface area contributed by atoms with Crippen LogP contribution in [0.5, 0.6) is 0 Å². The number of ether oxygens (including phenoxy) is 1. The first kappa shape index (κ1) is 19.8. The molecular formula is C17H15Cl3FNO3. The SMILES string of the molecule is O=C(Nc1cccc(F)c1)[C@@H]1CC=CC[C@H]1C(=O)OCC(Cl)=C(Cl)Cl. The Morgan fingerprint density at radius 1 is 1.16 bits per heavy atom. The molecule has 8 heteroatoms. The fourth-order valence-electron chi connectivity index (χ4n) is 2.46. The number of anilines is 1. The second kappa shape index (κ2) is 9.22. The van der Waals surface area contributed by atoms with Crippen LogP contribution >= 0.6 is 34.8 Å². The molecule has 0 aromatic heterocycles. The maximum absolute atomic E-state index is 13.2. The third kappa shape index (κ3) is 5.73. The molecule has 2 atom stereocenters. The molecule has 2 rings (SSSR count). The maximum Gasteiger partial charge on any atom is 0.310 e. The topological polar surface area (TPSA) is 55.4 Å². The van der Waals surface area contributed by atoms with Crippen molar-refractivity contribution < 1.29 is 18.7 Å². The van der Waals surface area contributed by atoms with Crippen LogP contribution in [0.15, 0.2) is 45.9 Å². The van der Waals surface area contributed by atoms with E-state index >= 15 is 0 Å². The van der Waals surface area contributed by atoms with Crippen molar-refractivity contribution in [2.45, 2.75) is 12.8 Å².